The summed E-state index contributed by atoms with van der Waals surface area (Å²) in [5, 5.41) is 12.6. The number of hydrogen-bond donors (Lipinski definition) is 4. The van der Waals surface area contributed by atoms with Gasteiger partial charge in [-0.25, -0.2) is 28.2 Å². The zero-order valence-corrected chi connectivity index (χ0v) is 24.3. The zero-order chi connectivity index (χ0) is 31.5. The van der Waals surface area contributed by atoms with E-state index in [9.17, 15) is 23.5 Å². The first-order valence-electron chi connectivity index (χ1n) is 14.0. The summed E-state index contributed by atoms with van der Waals surface area (Å²) in [5.41, 5.74) is 2.65. The number of aromatic nitrogens is 4. The van der Waals surface area contributed by atoms with E-state index in [2.05, 4.69) is 32.3 Å². The van der Waals surface area contributed by atoms with Crippen LogP contribution in [0.25, 0.3) is 38.9 Å². The van der Waals surface area contributed by atoms with E-state index in [1.807, 2.05) is 16.8 Å². The first kappa shape index (κ1) is 29.2. The predicted molar refractivity (Wildman–Crippen MR) is 162 cm³/mol. The van der Waals surface area contributed by atoms with Gasteiger partial charge in [0.1, 0.15) is 22.7 Å². The van der Waals surface area contributed by atoms with Crippen LogP contribution < -0.4 is 21.1 Å². The number of rotatable bonds is 8. The van der Waals surface area contributed by atoms with E-state index in [1.165, 1.54) is 30.2 Å². The van der Waals surface area contributed by atoms with Crippen molar-refractivity contribution in [3.63, 3.8) is 0 Å². The fraction of sp³-hybridized carbons (Fsp3) is 0.333. The minimum atomic E-state index is -1.40. The Hall–Kier alpha value is -4.85. The van der Waals surface area contributed by atoms with Gasteiger partial charge in [-0.15, -0.1) is 0 Å². The maximum absolute atomic E-state index is 16.5. The summed E-state index contributed by atoms with van der Waals surface area (Å²) in [6, 6.07) is 1.21. The van der Waals surface area contributed by atoms with Gasteiger partial charge >= 0.3 is 5.97 Å². The Balaban J connectivity index is 1.65. The molecule has 6 heterocycles. The van der Waals surface area contributed by atoms with E-state index < -0.39 is 40.7 Å². The molecule has 2 unspecified atom stereocenters. The first-order valence-corrected chi connectivity index (χ1v) is 14.0. The molecule has 2 aliphatic rings. The second kappa shape index (κ2) is 10.7. The average molecular weight is 609 g/mol. The molecule has 6 rings (SSSR count). The third kappa shape index (κ3) is 4.39. The standard InChI is InChI=1S/C30H31F3N8O3/c1-15(32)7-20(34-2)24-23(33)22-25(40-6-5-30(13-31)14-39(4)12-21(30)40)18(10-36-27(22)38-24)16-8-17-26(42)19(29(43)44)11-41(35-3)28(17)37-9-16/h7-11,21,34-35H,1,5-6,12-14H2,2-4H3,(H,36,38)(H,43,44)/b20-7+. The van der Waals surface area contributed by atoms with Gasteiger partial charge in [-0.2, -0.15) is 0 Å². The molecular weight excluding hydrogens is 577 g/mol. The van der Waals surface area contributed by atoms with Crippen LogP contribution in [-0.2, 0) is 0 Å². The zero-order valence-electron chi connectivity index (χ0n) is 24.3. The number of carboxylic acids is 1. The number of pyridine rings is 3. The van der Waals surface area contributed by atoms with Gasteiger partial charge < -0.3 is 30.6 Å². The third-order valence-electron chi connectivity index (χ3n) is 8.75. The highest BCUT2D eigenvalue weighted by molar-refractivity contribution is 6.02. The lowest BCUT2D eigenvalue weighted by molar-refractivity contribution is 0.0695. The van der Waals surface area contributed by atoms with E-state index in [1.54, 1.807) is 7.05 Å². The van der Waals surface area contributed by atoms with E-state index in [4.69, 9.17) is 0 Å². The Morgan fingerprint density at radius 2 is 2.09 bits per heavy atom. The van der Waals surface area contributed by atoms with Crippen molar-refractivity contribution in [2.45, 2.75) is 12.5 Å². The van der Waals surface area contributed by atoms with Crippen LogP contribution in [0.4, 0.5) is 18.9 Å². The topological polar surface area (TPSA) is 131 Å². The molecule has 4 aromatic heterocycles. The molecule has 0 bridgehead atoms. The van der Waals surface area contributed by atoms with Gasteiger partial charge in [0.05, 0.1) is 34.9 Å². The van der Waals surface area contributed by atoms with Crippen LogP contribution in [0, 0.1) is 11.2 Å². The number of allylic oxidation sites excluding steroid dienone is 2. The summed E-state index contributed by atoms with van der Waals surface area (Å²) < 4.78 is 46.3. The normalized spacial score (nSPS) is 20.5. The summed E-state index contributed by atoms with van der Waals surface area (Å²) in [4.78, 5) is 41.0. The van der Waals surface area contributed by atoms with E-state index in [0.717, 1.165) is 12.3 Å². The summed E-state index contributed by atoms with van der Waals surface area (Å²) >= 11 is 0. The van der Waals surface area contributed by atoms with E-state index in [0.29, 0.717) is 42.9 Å². The smallest absolute Gasteiger partial charge is 0.341 e. The molecule has 0 saturated carbocycles. The number of nitrogens with one attached hydrogen (secondary N) is 3. The minimum absolute atomic E-state index is 0.0278. The van der Waals surface area contributed by atoms with Crippen molar-refractivity contribution in [2.24, 2.45) is 5.41 Å². The van der Waals surface area contributed by atoms with Gasteiger partial charge in [-0.3, -0.25) is 9.18 Å². The van der Waals surface area contributed by atoms with Gasteiger partial charge in [0.2, 0.25) is 5.43 Å². The number of alkyl halides is 1. The van der Waals surface area contributed by atoms with Crippen LogP contribution in [0.2, 0.25) is 0 Å². The summed E-state index contributed by atoms with van der Waals surface area (Å²) in [5.74, 6) is -2.88. The molecule has 0 aliphatic carbocycles. The average Bonchev–Trinajstić information content (AvgIpc) is 3.63. The second-order valence-electron chi connectivity index (χ2n) is 11.3. The number of aromatic carboxylic acids is 1. The number of nitrogens with zero attached hydrogens (tertiary/aromatic N) is 5. The SMILES string of the molecule is C=C(F)/C=C(/NC)c1[nH]c2ncc(-c3cnc4c(c3)c(=O)c(C(=O)O)cn4NC)c(N3CCC4(CF)CN(C)CC34)c2c1F. The van der Waals surface area contributed by atoms with Crippen LogP contribution >= 0.6 is 0 Å². The Labute approximate surface area is 249 Å². The van der Waals surface area contributed by atoms with Gasteiger partial charge in [0.15, 0.2) is 11.5 Å². The number of aromatic amines is 1. The quantitative estimate of drug-likeness (QED) is 0.222. The number of likely N-dealkylation sites (tertiary alicyclic amines) is 1. The van der Waals surface area contributed by atoms with Crippen LogP contribution in [-0.4, -0.2) is 89.1 Å². The molecule has 11 nitrogen and oxygen atoms in total. The molecule has 44 heavy (non-hydrogen) atoms. The molecule has 230 valence electrons. The molecule has 0 radical (unpaired) electrons. The largest absolute Gasteiger partial charge is 0.477 e. The molecule has 4 N–H and O–H groups in total. The van der Waals surface area contributed by atoms with Gasteiger partial charge in [-0.1, -0.05) is 6.58 Å². The summed E-state index contributed by atoms with van der Waals surface area (Å²) in [6.07, 6.45) is 5.77. The van der Waals surface area contributed by atoms with Crippen molar-refractivity contribution in [3.8, 4) is 11.1 Å². The molecule has 2 aliphatic heterocycles. The van der Waals surface area contributed by atoms with Crippen LogP contribution in [0.15, 0.2) is 47.9 Å². The lowest BCUT2D eigenvalue weighted by Crippen LogP contribution is -2.40. The summed E-state index contributed by atoms with van der Waals surface area (Å²) in [7, 11) is 5.00. The molecular formula is C30H31F3N8O3. The molecule has 2 atom stereocenters. The van der Waals surface area contributed by atoms with E-state index >= 15 is 4.39 Å². The maximum atomic E-state index is 16.5. The van der Waals surface area contributed by atoms with Crippen molar-refractivity contribution in [1.82, 2.24) is 29.8 Å². The number of hydrogen-bond acceptors (Lipinski definition) is 8. The Morgan fingerprint density at radius 1 is 1.32 bits per heavy atom. The number of fused-ring (bicyclic) bond motifs is 3. The van der Waals surface area contributed by atoms with Gasteiger partial charge in [0, 0.05) is 68.9 Å². The lowest BCUT2D eigenvalue weighted by atomic mass is 9.84. The fourth-order valence-electron chi connectivity index (χ4n) is 6.74. The fourth-order valence-corrected chi connectivity index (χ4v) is 6.74. The molecule has 0 aromatic carbocycles. The van der Waals surface area contributed by atoms with Crippen LogP contribution in [0.1, 0.15) is 22.5 Å². The van der Waals surface area contributed by atoms with Crippen LogP contribution in [0.3, 0.4) is 0 Å². The molecule has 0 amide bonds. The van der Waals surface area contributed by atoms with Crippen molar-refractivity contribution in [3.05, 3.63) is 70.4 Å². The second-order valence-corrected chi connectivity index (χ2v) is 11.3. The predicted octanol–water partition coefficient (Wildman–Crippen LogP) is 3.47. The Morgan fingerprint density at radius 3 is 2.75 bits per heavy atom. The molecule has 4 aromatic rings. The Bertz CT molecular complexity index is 1940. The van der Waals surface area contributed by atoms with Crippen molar-refractivity contribution < 1.29 is 23.1 Å². The van der Waals surface area contributed by atoms with Crippen molar-refractivity contribution >= 4 is 39.4 Å². The lowest BCUT2D eigenvalue weighted by Gasteiger charge is -2.32. The number of carboxylic acid groups (broad SMARTS) is 1. The number of carbonyl (C=O) groups is 1. The van der Waals surface area contributed by atoms with E-state index in [-0.39, 0.29) is 39.5 Å². The molecule has 0 spiro atoms. The monoisotopic (exact) mass is 608 g/mol. The van der Waals surface area contributed by atoms with Crippen LogP contribution in [0.5, 0.6) is 0 Å². The maximum Gasteiger partial charge on any atom is 0.341 e. The third-order valence-corrected chi connectivity index (χ3v) is 8.75. The highest BCUT2D eigenvalue weighted by atomic mass is 19.1. The molecule has 2 fully saturated rings. The molecule has 14 heteroatoms. The summed E-state index contributed by atoms with van der Waals surface area (Å²) in [6.45, 7) is 4.22. The highest BCUT2D eigenvalue weighted by Gasteiger charge is 2.53. The molecule has 2 saturated heterocycles. The van der Waals surface area contributed by atoms with Crippen molar-refractivity contribution in [2.75, 3.05) is 57.8 Å². The van der Waals surface area contributed by atoms with Gasteiger partial charge in [-0.05, 0) is 25.6 Å². The minimum Gasteiger partial charge on any atom is -0.477 e. The number of anilines is 1. The Kier molecular flexibility index (Phi) is 7.11. The highest BCUT2D eigenvalue weighted by Crippen LogP contribution is 2.49. The number of H-pyrrole nitrogens is 1. The number of halogens is 3. The number of likely N-dealkylation sites (N-methyl/N-ethyl adjacent to an activating group) is 1. The first-order chi connectivity index (χ1) is 21.0. The van der Waals surface area contributed by atoms with Gasteiger partial charge in [0.25, 0.3) is 0 Å². The van der Waals surface area contributed by atoms with Crippen molar-refractivity contribution in [1.29, 1.82) is 0 Å².